The predicted molar refractivity (Wildman–Crippen MR) is 161 cm³/mol. The molecule has 0 bridgehead atoms. The summed E-state index contributed by atoms with van der Waals surface area (Å²) in [7, 11) is 0. The molecule has 3 nitrogen and oxygen atoms in total. The van der Waals surface area contributed by atoms with Crippen molar-refractivity contribution < 1.29 is 18.7 Å². The topological polar surface area (TPSA) is 35.5 Å². The highest BCUT2D eigenvalue weighted by molar-refractivity contribution is 6.09. The van der Waals surface area contributed by atoms with E-state index in [0.717, 1.165) is 11.5 Å². The van der Waals surface area contributed by atoms with E-state index in [1.807, 2.05) is 52.0 Å². The first-order valence-corrected chi connectivity index (χ1v) is 14.1. The minimum absolute atomic E-state index is 0.106. The van der Waals surface area contributed by atoms with Gasteiger partial charge in [0.15, 0.2) is 5.78 Å². The van der Waals surface area contributed by atoms with E-state index in [0.29, 0.717) is 35.3 Å². The SMILES string of the molecule is CCC(F)(CC)c1ccc(C(=O)c2ccc(Oc3ccc(C(C)(C)c4ccc(OC(C)C)cc4)cc3)cc2)cc1. The van der Waals surface area contributed by atoms with Crippen LogP contribution >= 0.6 is 0 Å². The molecule has 0 heterocycles. The second-order valence-electron chi connectivity index (χ2n) is 11.0. The summed E-state index contributed by atoms with van der Waals surface area (Å²) in [5, 5.41) is 0. The van der Waals surface area contributed by atoms with Crippen LogP contribution in [0.1, 0.15) is 87.0 Å². The third-order valence-electron chi connectivity index (χ3n) is 7.66. The van der Waals surface area contributed by atoms with Gasteiger partial charge in [0.05, 0.1) is 6.10 Å². The van der Waals surface area contributed by atoms with Crippen molar-refractivity contribution in [2.45, 2.75) is 71.6 Å². The van der Waals surface area contributed by atoms with Gasteiger partial charge in [-0.1, -0.05) is 76.2 Å². The summed E-state index contributed by atoms with van der Waals surface area (Å²) in [4.78, 5) is 13.0. The predicted octanol–water partition coefficient (Wildman–Crippen LogP) is 9.81. The molecule has 0 fully saturated rings. The fourth-order valence-electron chi connectivity index (χ4n) is 4.88. The molecule has 40 heavy (non-hydrogen) atoms. The lowest BCUT2D eigenvalue weighted by atomic mass is 9.78. The summed E-state index contributed by atoms with van der Waals surface area (Å²) < 4.78 is 26.8. The molecule has 4 heteroatoms. The monoisotopic (exact) mass is 538 g/mol. The average Bonchev–Trinajstić information content (AvgIpc) is 2.97. The van der Waals surface area contributed by atoms with Crippen LogP contribution in [0.4, 0.5) is 4.39 Å². The number of alkyl halides is 1. The first-order valence-electron chi connectivity index (χ1n) is 14.1. The number of hydrogen-bond acceptors (Lipinski definition) is 3. The molecule has 0 radical (unpaired) electrons. The van der Waals surface area contributed by atoms with Crippen molar-refractivity contribution >= 4 is 5.78 Å². The average molecular weight is 539 g/mol. The third kappa shape index (κ3) is 6.44. The Bertz CT molecular complexity index is 1400. The lowest BCUT2D eigenvalue weighted by Gasteiger charge is -2.26. The molecule has 208 valence electrons. The van der Waals surface area contributed by atoms with Gasteiger partial charge in [-0.05, 0) is 91.9 Å². The molecule has 0 N–H and O–H groups in total. The largest absolute Gasteiger partial charge is 0.491 e. The second-order valence-corrected chi connectivity index (χ2v) is 11.0. The van der Waals surface area contributed by atoms with Gasteiger partial charge in [0.25, 0.3) is 0 Å². The number of ether oxygens (including phenoxy) is 2. The summed E-state index contributed by atoms with van der Waals surface area (Å²) in [5.74, 6) is 2.13. The van der Waals surface area contributed by atoms with Crippen molar-refractivity contribution in [1.82, 2.24) is 0 Å². The molecule has 0 spiro atoms. The third-order valence-corrected chi connectivity index (χ3v) is 7.66. The number of benzene rings is 4. The Morgan fingerprint density at radius 3 is 1.45 bits per heavy atom. The van der Waals surface area contributed by atoms with Crippen LogP contribution in [-0.2, 0) is 11.1 Å². The molecular weight excluding hydrogens is 499 g/mol. The van der Waals surface area contributed by atoms with Crippen molar-refractivity contribution in [1.29, 1.82) is 0 Å². The Balaban J connectivity index is 1.41. The van der Waals surface area contributed by atoms with Crippen molar-refractivity contribution in [3.8, 4) is 17.2 Å². The molecule has 4 aromatic rings. The summed E-state index contributed by atoms with van der Waals surface area (Å²) in [6, 6.07) is 30.3. The lowest BCUT2D eigenvalue weighted by molar-refractivity contribution is 0.103. The first kappa shape index (κ1) is 29.1. The van der Waals surface area contributed by atoms with E-state index in [1.165, 1.54) is 11.1 Å². The van der Waals surface area contributed by atoms with Crippen LogP contribution in [0, 0.1) is 0 Å². The van der Waals surface area contributed by atoms with Crippen LogP contribution in [0.2, 0.25) is 0 Å². The minimum atomic E-state index is -1.36. The Labute approximate surface area is 238 Å². The number of ketones is 1. The Kier molecular flexibility index (Phi) is 8.78. The van der Waals surface area contributed by atoms with E-state index < -0.39 is 5.67 Å². The van der Waals surface area contributed by atoms with Crippen LogP contribution < -0.4 is 9.47 Å². The fourth-order valence-corrected chi connectivity index (χ4v) is 4.88. The van der Waals surface area contributed by atoms with Gasteiger partial charge in [-0.2, -0.15) is 0 Å². The van der Waals surface area contributed by atoms with Crippen LogP contribution in [0.15, 0.2) is 97.1 Å². The van der Waals surface area contributed by atoms with Crippen molar-refractivity contribution in [3.63, 3.8) is 0 Å². The molecule has 0 aliphatic rings. The van der Waals surface area contributed by atoms with Gasteiger partial charge >= 0.3 is 0 Å². The quantitative estimate of drug-likeness (QED) is 0.178. The molecule has 0 aliphatic heterocycles. The van der Waals surface area contributed by atoms with Gasteiger partial charge in [-0.25, -0.2) is 4.39 Å². The smallest absolute Gasteiger partial charge is 0.193 e. The minimum Gasteiger partial charge on any atom is -0.491 e. The fraction of sp³-hybridized carbons (Fsp3) is 0.306. The number of hydrogen-bond donors (Lipinski definition) is 0. The van der Waals surface area contributed by atoms with E-state index in [9.17, 15) is 9.18 Å². The van der Waals surface area contributed by atoms with Gasteiger partial charge < -0.3 is 9.47 Å². The second kappa shape index (κ2) is 12.1. The van der Waals surface area contributed by atoms with Gasteiger partial charge in [0, 0.05) is 16.5 Å². The number of carbonyl (C=O) groups is 1. The normalized spacial score (nSPS) is 11.9. The summed E-state index contributed by atoms with van der Waals surface area (Å²) in [6.45, 7) is 12.1. The molecule has 0 aliphatic carbocycles. The zero-order chi connectivity index (χ0) is 28.9. The highest BCUT2D eigenvalue weighted by Gasteiger charge is 2.27. The Morgan fingerprint density at radius 1 is 0.650 bits per heavy atom. The molecular formula is C36H39FO3. The standard InChI is InChI=1S/C36H39FO3/c1-7-36(37,8-2)30-13-9-26(10-14-30)34(38)27-11-19-32(20-12-27)40-33-23-17-29(18-24-33)35(5,6)28-15-21-31(22-16-28)39-25(3)4/h9-25H,7-8H2,1-6H3. The summed E-state index contributed by atoms with van der Waals surface area (Å²) in [5.41, 5.74) is 2.53. The maximum absolute atomic E-state index is 15.0. The maximum atomic E-state index is 15.0. The molecule has 0 atom stereocenters. The highest BCUT2D eigenvalue weighted by Crippen LogP contribution is 2.35. The number of halogens is 1. The lowest BCUT2D eigenvalue weighted by Crippen LogP contribution is -2.18. The van der Waals surface area contributed by atoms with Crippen molar-refractivity contribution in [2.24, 2.45) is 0 Å². The van der Waals surface area contributed by atoms with Crippen LogP contribution in [-0.4, -0.2) is 11.9 Å². The summed E-state index contributed by atoms with van der Waals surface area (Å²) in [6.07, 6.45) is 0.952. The zero-order valence-electron chi connectivity index (χ0n) is 24.3. The van der Waals surface area contributed by atoms with E-state index in [4.69, 9.17) is 9.47 Å². The molecule has 4 rings (SSSR count). The molecule has 0 amide bonds. The molecule has 0 aromatic heterocycles. The van der Waals surface area contributed by atoms with E-state index >= 15 is 0 Å². The number of carbonyl (C=O) groups excluding carboxylic acids is 1. The Hall–Kier alpha value is -3.92. The zero-order valence-corrected chi connectivity index (χ0v) is 24.3. The van der Waals surface area contributed by atoms with E-state index in [2.05, 4.69) is 38.1 Å². The highest BCUT2D eigenvalue weighted by atomic mass is 19.1. The van der Waals surface area contributed by atoms with Crippen LogP contribution in [0.25, 0.3) is 0 Å². The molecule has 4 aromatic carbocycles. The van der Waals surface area contributed by atoms with Gasteiger partial charge in [0.2, 0.25) is 0 Å². The first-order chi connectivity index (χ1) is 19.1. The van der Waals surface area contributed by atoms with E-state index in [-0.39, 0.29) is 17.3 Å². The van der Waals surface area contributed by atoms with Gasteiger partial charge in [-0.3, -0.25) is 4.79 Å². The van der Waals surface area contributed by atoms with Crippen LogP contribution in [0.3, 0.4) is 0 Å². The number of rotatable bonds is 11. The van der Waals surface area contributed by atoms with Crippen molar-refractivity contribution in [2.75, 3.05) is 0 Å². The van der Waals surface area contributed by atoms with Crippen molar-refractivity contribution in [3.05, 3.63) is 125 Å². The molecule has 0 saturated heterocycles. The summed E-state index contributed by atoms with van der Waals surface area (Å²) >= 11 is 0. The molecule has 0 saturated carbocycles. The van der Waals surface area contributed by atoms with Gasteiger partial charge in [0.1, 0.15) is 22.9 Å². The van der Waals surface area contributed by atoms with Crippen LogP contribution in [0.5, 0.6) is 17.2 Å². The van der Waals surface area contributed by atoms with E-state index in [1.54, 1.807) is 48.5 Å². The Morgan fingerprint density at radius 2 is 1.02 bits per heavy atom. The van der Waals surface area contributed by atoms with Gasteiger partial charge in [-0.15, -0.1) is 0 Å². The maximum Gasteiger partial charge on any atom is 0.193 e. The molecule has 0 unspecified atom stereocenters.